The minimum atomic E-state index is 0.0490. The van der Waals surface area contributed by atoms with Crippen molar-refractivity contribution in [2.24, 2.45) is 0 Å². The quantitative estimate of drug-likeness (QED) is 0.730. The third-order valence-electron chi connectivity index (χ3n) is 2.48. The molecule has 0 bridgehead atoms. The molecular formula is C12H16N2O. The molecule has 1 heterocycles. The van der Waals surface area contributed by atoms with E-state index in [0.29, 0.717) is 0 Å². The van der Waals surface area contributed by atoms with Gasteiger partial charge in [0.05, 0.1) is 0 Å². The molecule has 0 saturated heterocycles. The van der Waals surface area contributed by atoms with Crippen molar-refractivity contribution in [1.29, 1.82) is 0 Å². The lowest BCUT2D eigenvalue weighted by atomic mass is 10.3. The molecular weight excluding hydrogens is 188 g/mol. The summed E-state index contributed by atoms with van der Waals surface area (Å²) in [6, 6.07) is 3.86. The summed E-state index contributed by atoms with van der Waals surface area (Å²) in [6.45, 7) is 5.66. The van der Waals surface area contributed by atoms with Gasteiger partial charge in [0.15, 0.2) is 5.43 Å². The fraction of sp³-hybridized carbons (Fsp3) is 0.417. The van der Waals surface area contributed by atoms with Crippen LogP contribution in [0.3, 0.4) is 0 Å². The second-order valence-electron chi connectivity index (χ2n) is 4.11. The summed E-state index contributed by atoms with van der Waals surface area (Å²) in [6.07, 6.45) is 6.19. The van der Waals surface area contributed by atoms with E-state index in [9.17, 15) is 4.79 Å². The Balaban J connectivity index is 1.81. The van der Waals surface area contributed by atoms with Crippen molar-refractivity contribution in [3.63, 3.8) is 0 Å². The molecule has 0 aromatic carbocycles. The van der Waals surface area contributed by atoms with Crippen molar-refractivity contribution in [2.45, 2.75) is 25.4 Å². The number of aromatic nitrogens is 1. The second-order valence-corrected chi connectivity index (χ2v) is 4.11. The van der Waals surface area contributed by atoms with Gasteiger partial charge in [-0.15, -0.1) is 0 Å². The lowest BCUT2D eigenvalue weighted by Gasteiger charge is -2.09. The Labute approximate surface area is 89.4 Å². The Morgan fingerprint density at radius 1 is 1.47 bits per heavy atom. The van der Waals surface area contributed by atoms with Crippen LogP contribution in [0.5, 0.6) is 0 Å². The van der Waals surface area contributed by atoms with Crippen molar-refractivity contribution in [1.82, 2.24) is 9.88 Å². The van der Waals surface area contributed by atoms with E-state index in [0.717, 1.165) is 24.7 Å². The Hall–Kier alpha value is -1.35. The van der Waals surface area contributed by atoms with E-state index < -0.39 is 0 Å². The van der Waals surface area contributed by atoms with Gasteiger partial charge in [0.25, 0.3) is 0 Å². The third-order valence-corrected chi connectivity index (χ3v) is 2.48. The molecule has 1 aromatic heterocycles. The van der Waals surface area contributed by atoms with E-state index >= 15 is 0 Å². The average molecular weight is 204 g/mol. The lowest BCUT2D eigenvalue weighted by Crippen LogP contribution is -2.21. The van der Waals surface area contributed by atoms with Crippen LogP contribution in [0.2, 0.25) is 0 Å². The molecule has 2 rings (SSSR count). The average Bonchev–Trinajstić information content (AvgIpc) is 3.02. The second kappa shape index (κ2) is 4.45. The van der Waals surface area contributed by atoms with Gasteiger partial charge in [-0.05, 0) is 18.4 Å². The summed E-state index contributed by atoms with van der Waals surface area (Å²) < 4.78 is 1.97. The molecule has 3 nitrogen and oxygen atoms in total. The zero-order chi connectivity index (χ0) is 10.7. The maximum absolute atomic E-state index is 10.9. The molecule has 1 fully saturated rings. The predicted octanol–water partition coefficient (Wildman–Crippen LogP) is 1.16. The monoisotopic (exact) mass is 204 g/mol. The van der Waals surface area contributed by atoms with Crippen LogP contribution in [0.4, 0.5) is 0 Å². The van der Waals surface area contributed by atoms with Crippen LogP contribution in [-0.4, -0.2) is 17.2 Å². The maximum atomic E-state index is 10.9. The van der Waals surface area contributed by atoms with E-state index in [1.807, 2.05) is 4.57 Å². The van der Waals surface area contributed by atoms with E-state index in [1.165, 1.54) is 12.8 Å². The van der Waals surface area contributed by atoms with Gasteiger partial charge in [-0.1, -0.05) is 6.58 Å². The highest BCUT2D eigenvalue weighted by Crippen LogP contribution is 2.18. The summed E-state index contributed by atoms with van der Waals surface area (Å²) in [7, 11) is 0. The van der Waals surface area contributed by atoms with Crippen LogP contribution in [0.1, 0.15) is 12.8 Å². The highest BCUT2D eigenvalue weighted by Gasteiger charge is 2.19. The molecule has 0 radical (unpaired) electrons. The Morgan fingerprint density at radius 2 is 2.13 bits per heavy atom. The zero-order valence-electron chi connectivity index (χ0n) is 8.78. The van der Waals surface area contributed by atoms with E-state index in [1.54, 1.807) is 24.5 Å². The molecule has 0 unspecified atom stereocenters. The maximum Gasteiger partial charge on any atom is 0.181 e. The van der Waals surface area contributed by atoms with Crippen molar-refractivity contribution >= 4 is 0 Å². The largest absolute Gasteiger partial charge is 0.350 e. The summed E-state index contributed by atoms with van der Waals surface area (Å²) in [4.78, 5) is 10.9. The summed E-state index contributed by atoms with van der Waals surface area (Å²) in [5.41, 5.74) is 1.19. The van der Waals surface area contributed by atoms with Gasteiger partial charge in [-0.25, -0.2) is 0 Å². The normalized spacial score (nSPS) is 15.2. The molecule has 0 aliphatic heterocycles. The van der Waals surface area contributed by atoms with Crippen LogP contribution in [0, 0.1) is 0 Å². The number of pyridine rings is 1. The molecule has 0 amide bonds. The van der Waals surface area contributed by atoms with Gasteiger partial charge in [0.1, 0.15) is 0 Å². The predicted molar refractivity (Wildman–Crippen MR) is 60.9 cm³/mol. The molecule has 1 aromatic rings. The van der Waals surface area contributed by atoms with Gasteiger partial charge < -0.3 is 9.88 Å². The van der Waals surface area contributed by atoms with Gasteiger partial charge in [-0.3, -0.25) is 4.79 Å². The van der Waals surface area contributed by atoms with Gasteiger partial charge in [0, 0.05) is 43.7 Å². The highest BCUT2D eigenvalue weighted by molar-refractivity contribution is 5.02. The first-order valence-corrected chi connectivity index (χ1v) is 5.30. The molecule has 3 heteroatoms. The number of rotatable bonds is 5. The van der Waals surface area contributed by atoms with Gasteiger partial charge in [-0.2, -0.15) is 0 Å². The smallest absolute Gasteiger partial charge is 0.181 e. The summed E-state index contributed by atoms with van der Waals surface area (Å²) >= 11 is 0. The number of nitrogens with one attached hydrogen (secondary N) is 1. The Bertz CT molecular complexity index is 384. The van der Waals surface area contributed by atoms with Crippen molar-refractivity contribution in [3.8, 4) is 0 Å². The molecule has 15 heavy (non-hydrogen) atoms. The Morgan fingerprint density at radius 3 is 2.73 bits per heavy atom. The van der Waals surface area contributed by atoms with Crippen molar-refractivity contribution in [2.75, 3.05) is 6.54 Å². The molecule has 1 N–H and O–H groups in total. The topological polar surface area (TPSA) is 34.0 Å². The summed E-state index contributed by atoms with van der Waals surface area (Å²) in [5.74, 6) is 0. The van der Waals surface area contributed by atoms with Crippen molar-refractivity contribution in [3.05, 3.63) is 46.9 Å². The van der Waals surface area contributed by atoms with E-state index in [4.69, 9.17) is 0 Å². The van der Waals surface area contributed by atoms with E-state index in [-0.39, 0.29) is 5.43 Å². The third kappa shape index (κ3) is 3.36. The van der Waals surface area contributed by atoms with Crippen LogP contribution in [0.15, 0.2) is 41.5 Å². The first kappa shape index (κ1) is 10.2. The molecule has 0 atom stereocenters. The Kier molecular flexibility index (Phi) is 3.02. The fourth-order valence-electron chi connectivity index (χ4n) is 1.44. The minimum Gasteiger partial charge on any atom is -0.350 e. The number of hydrogen-bond acceptors (Lipinski definition) is 2. The van der Waals surface area contributed by atoms with E-state index in [2.05, 4.69) is 11.9 Å². The SMILES string of the molecule is C=C(CNC1CC1)Cn1ccc(=O)cc1. The van der Waals surface area contributed by atoms with Crippen LogP contribution >= 0.6 is 0 Å². The highest BCUT2D eigenvalue weighted by atomic mass is 16.1. The van der Waals surface area contributed by atoms with Crippen molar-refractivity contribution < 1.29 is 0 Å². The summed E-state index contributed by atoms with van der Waals surface area (Å²) in [5, 5.41) is 3.41. The standard InChI is InChI=1S/C12H16N2O/c1-10(8-13-11-2-3-11)9-14-6-4-12(15)5-7-14/h4-7,11,13H,1-3,8-9H2. The van der Waals surface area contributed by atoms with Gasteiger partial charge >= 0.3 is 0 Å². The number of hydrogen-bond donors (Lipinski definition) is 1. The lowest BCUT2D eigenvalue weighted by molar-refractivity contribution is 0.680. The number of nitrogens with zero attached hydrogens (tertiary/aromatic N) is 1. The van der Waals surface area contributed by atoms with Crippen LogP contribution < -0.4 is 10.7 Å². The van der Waals surface area contributed by atoms with Crippen LogP contribution in [0.25, 0.3) is 0 Å². The first-order chi connectivity index (χ1) is 7.24. The molecule has 0 spiro atoms. The molecule has 80 valence electrons. The van der Waals surface area contributed by atoms with Gasteiger partial charge in [0.2, 0.25) is 0 Å². The first-order valence-electron chi connectivity index (χ1n) is 5.30. The molecule has 1 saturated carbocycles. The minimum absolute atomic E-state index is 0.0490. The fourth-order valence-corrected chi connectivity index (χ4v) is 1.44. The molecule has 1 aliphatic carbocycles. The zero-order valence-corrected chi connectivity index (χ0v) is 8.78. The van der Waals surface area contributed by atoms with Crippen LogP contribution in [-0.2, 0) is 6.54 Å². The molecule has 1 aliphatic rings.